The van der Waals surface area contributed by atoms with Crippen LogP contribution in [0, 0.1) is 5.82 Å². The summed E-state index contributed by atoms with van der Waals surface area (Å²) in [6.45, 7) is 0.113. The van der Waals surface area contributed by atoms with Crippen molar-refractivity contribution in [3.63, 3.8) is 0 Å². The molecule has 0 radical (unpaired) electrons. The zero-order valence-corrected chi connectivity index (χ0v) is 16.1. The highest BCUT2D eigenvalue weighted by atomic mass is 19.1. The van der Waals surface area contributed by atoms with Crippen LogP contribution in [0.5, 0.6) is 5.75 Å². The van der Waals surface area contributed by atoms with Crippen molar-refractivity contribution < 1.29 is 23.5 Å². The Morgan fingerprint density at radius 3 is 2.47 bits per heavy atom. The normalized spacial score (nSPS) is 13.9. The number of nitrogens with two attached hydrogens (primary N) is 1. The number of carbonyl (C=O) groups excluding carboxylic acids is 3. The first-order valence-electron chi connectivity index (χ1n) is 9.28. The van der Waals surface area contributed by atoms with Crippen molar-refractivity contribution in [1.82, 2.24) is 9.88 Å². The number of likely N-dealkylation sites (tertiary alicyclic amines) is 1. The Morgan fingerprint density at radius 2 is 1.83 bits per heavy atom. The van der Waals surface area contributed by atoms with Gasteiger partial charge in [0.05, 0.1) is 19.2 Å². The smallest absolute Gasteiger partial charge is 0.267 e. The maximum atomic E-state index is 14.7. The fourth-order valence-electron chi connectivity index (χ4n) is 3.54. The molecule has 7 nitrogen and oxygen atoms in total. The van der Waals surface area contributed by atoms with Crippen LogP contribution in [0.1, 0.15) is 28.9 Å². The van der Waals surface area contributed by atoms with E-state index in [9.17, 15) is 18.8 Å². The molecule has 1 aliphatic heterocycles. The van der Waals surface area contributed by atoms with Crippen molar-refractivity contribution in [3.05, 3.63) is 59.5 Å². The lowest BCUT2D eigenvalue weighted by atomic mass is 9.98. The number of carbonyl (C=O) groups is 3. The molecule has 1 saturated heterocycles. The van der Waals surface area contributed by atoms with Crippen LogP contribution in [0.4, 0.5) is 4.39 Å². The zero-order chi connectivity index (χ0) is 21.4. The van der Waals surface area contributed by atoms with Gasteiger partial charge in [-0.2, -0.15) is 0 Å². The number of aromatic nitrogens is 1. The summed E-state index contributed by atoms with van der Waals surface area (Å²) >= 11 is 0. The number of hydrogen-bond acceptors (Lipinski definition) is 5. The topological polar surface area (TPSA) is 103 Å². The number of hydrogen-bond donors (Lipinski definition) is 1. The summed E-state index contributed by atoms with van der Waals surface area (Å²) in [5.74, 6) is -1.34. The zero-order valence-electron chi connectivity index (χ0n) is 16.1. The van der Waals surface area contributed by atoms with Gasteiger partial charge in [-0.1, -0.05) is 12.1 Å². The van der Waals surface area contributed by atoms with Gasteiger partial charge in [-0.05, 0) is 35.4 Å². The van der Waals surface area contributed by atoms with Crippen LogP contribution in [-0.2, 0) is 16.1 Å². The van der Waals surface area contributed by atoms with Gasteiger partial charge in [0, 0.05) is 29.9 Å². The first-order valence-corrected chi connectivity index (χ1v) is 9.28. The van der Waals surface area contributed by atoms with E-state index in [1.165, 1.54) is 24.1 Å². The number of nitrogens with zero attached hydrogens (tertiary/aromatic N) is 2. The van der Waals surface area contributed by atoms with Gasteiger partial charge in [0.25, 0.3) is 5.91 Å². The molecule has 1 aliphatic rings. The molecule has 2 N–H and O–H groups in total. The van der Waals surface area contributed by atoms with Crippen molar-refractivity contribution in [1.29, 1.82) is 0 Å². The Hall–Kier alpha value is -3.81. The number of fused-ring (bicyclic) bond motifs is 1. The molecule has 0 unspecified atom stereocenters. The van der Waals surface area contributed by atoms with Crippen LogP contribution >= 0.6 is 0 Å². The molecular weight excluding hydrogens is 388 g/mol. The average Bonchev–Trinajstić information content (AvgIpc) is 3.04. The quantitative estimate of drug-likeness (QED) is 0.657. The molecule has 30 heavy (non-hydrogen) atoms. The molecule has 2 aromatic carbocycles. The monoisotopic (exact) mass is 406 g/mol. The molecule has 0 bridgehead atoms. The highest BCUT2D eigenvalue weighted by Crippen LogP contribution is 2.33. The van der Waals surface area contributed by atoms with Gasteiger partial charge < -0.3 is 10.5 Å². The third-order valence-corrected chi connectivity index (χ3v) is 5.09. The molecule has 0 saturated carbocycles. The van der Waals surface area contributed by atoms with Gasteiger partial charge in [-0.15, -0.1) is 0 Å². The van der Waals surface area contributed by atoms with Gasteiger partial charge in [-0.3, -0.25) is 19.3 Å². The van der Waals surface area contributed by atoms with E-state index in [2.05, 4.69) is 4.98 Å². The molecule has 2 heterocycles. The predicted octanol–water partition coefficient (Wildman–Crippen LogP) is 2.80. The lowest BCUT2D eigenvalue weighted by Gasteiger charge is -2.15. The van der Waals surface area contributed by atoms with E-state index in [0.29, 0.717) is 27.8 Å². The molecule has 3 amide bonds. The molecule has 1 fully saturated rings. The molecule has 4 rings (SSSR count). The minimum atomic E-state index is -0.748. The maximum Gasteiger partial charge on any atom is 0.267 e. The van der Waals surface area contributed by atoms with E-state index in [-0.39, 0.29) is 42.5 Å². The van der Waals surface area contributed by atoms with Gasteiger partial charge in [0.2, 0.25) is 11.8 Å². The first-order chi connectivity index (χ1) is 14.4. The van der Waals surface area contributed by atoms with Gasteiger partial charge in [0.15, 0.2) is 0 Å². The average molecular weight is 406 g/mol. The van der Waals surface area contributed by atoms with E-state index in [1.54, 1.807) is 30.3 Å². The highest BCUT2D eigenvalue weighted by molar-refractivity contribution is 6.02. The molecule has 1 aromatic heterocycles. The van der Waals surface area contributed by atoms with Crippen molar-refractivity contribution >= 4 is 28.6 Å². The lowest BCUT2D eigenvalue weighted by Crippen LogP contribution is -2.28. The largest absolute Gasteiger partial charge is 0.497 e. The maximum absolute atomic E-state index is 14.7. The Kier molecular flexibility index (Phi) is 4.91. The standard InChI is InChI=1S/C22H18FN3O4/c1-30-13-3-5-14(17(23)9-13)16-10-19(22(24)29)25-18-8-12(2-4-15(16)18)11-26-20(27)6-7-21(26)28/h2-5,8-10H,6-7,11H2,1H3,(H2,24,29)/i1-1. The van der Waals surface area contributed by atoms with Crippen LogP contribution in [-0.4, -0.2) is 34.7 Å². The van der Waals surface area contributed by atoms with Crippen LogP contribution in [0.2, 0.25) is 0 Å². The van der Waals surface area contributed by atoms with Crippen LogP contribution in [0.25, 0.3) is 22.0 Å². The SMILES string of the molecule is [11CH3]Oc1ccc(-c2cc(C(N)=O)nc3cc(CN4C(=O)CCC4=O)ccc23)c(F)c1. The third kappa shape index (κ3) is 3.47. The number of methoxy groups -OCH3 is 1. The fraction of sp³-hybridized carbons (Fsp3) is 0.182. The second kappa shape index (κ2) is 7.55. The van der Waals surface area contributed by atoms with Crippen LogP contribution in [0.15, 0.2) is 42.5 Å². The second-order valence-corrected chi connectivity index (χ2v) is 6.99. The van der Waals surface area contributed by atoms with Gasteiger partial charge in [0.1, 0.15) is 17.3 Å². The summed E-state index contributed by atoms with van der Waals surface area (Å²) in [5, 5.41) is 0.604. The van der Waals surface area contributed by atoms with Crippen molar-refractivity contribution in [2.45, 2.75) is 19.4 Å². The minimum absolute atomic E-state index is 0.0156. The van der Waals surface area contributed by atoms with Crippen molar-refractivity contribution in [3.8, 4) is 16.9 Å². The molecule has 8 heteroatoms. The van der Waals surface area contributed by atoms with E-state index < -0.39 is 11.7 Å². The Balaban J connectivity index is 1.84. The summed E-state index contributed by atoms with van der Waals surface area (Å²) in [6, 6.07) is 11.0. The highest BCUT2D eigenvalue weighted by Gasteiger charge is 2.28. The van der Waals surface area contributed by atoms with E-state index >= 15 is 0 Å². The molecule has 152 valence electrons. The summed E-state index contributed by atoms with van der Waals surface area (Å²) in [4.78, 5) is 41.1. The Morgan fingerprint density at radius 1 is 1.10 bits per heavy atom. The van der Waals surface area contributed by atoms with Crippen LogP contribution < -0.4 is 10.5 Å². The third-order valence-electron chi connectivity index (χ3n) is 5.09. The first kappa shape index (κ1) is 19.5. The van der Waals surface area contributed by atoms with E-state index in [1.807, 2.05) is 0 Å². The Bertz CT molecular complexity index is 1190. The van der Waals surface area contributed by atoms with Gasteiger partial charge in [-0.25, -0.2) is 9.37 Å². The molecule has 0 spiro atoms. The second-order valence-electron chi connectivity index (χ2n) is 6.99. The molecule has 3 aromatic rings. The van der Waals surface area contributed by atoms with E-state index in [0.717, 1.165) is 0 Å². The minimum Gasteiger partial charge on any atom is -0.497 e. The number of ether oxygens (including phenoxy) is 1. The molecule has 0 atom stereocenters. The number of imide groups is 1. The number of amides is 3. The summed E-state index contributed by atoms with van der Waals surface area (Å²) in [7, 11) is 1.44. The number of rotatable bonds is 5. The Labute approximate surface area is 171 Å². The fourth-order valence-corrected chi connectivity index (χ4v) is 3.54. The lowest BCUT2D eigenvalue weighted by molar-refractivity contribution is -0.139. The number of pyridine rings is 1. The van der Waals surface area contributed by atoms with Crippen LogP contribution in [0.3, 0.4) is 0 Å². The van der Waals surface area contributed by atoms with Gasteiger partial charge >= 0.3 is 0 Å². The van der Waals surface area contributed by atoms with Crippen molar-refractivity contribution in [2.75, 3.05) is 7.11 Å². The number of benzene rings is 2. The summed E-state index contributed by atoms with van der Waals surface area (Å²) < 4.78 is 19.8. The number of halogens is 1. The van der Waals surface area contributed by atoms with Crippen molar-refractivity contribution in [2.24, 2.45) is 5.73 Å². The molecular formula is C22H18FN3O4. The summed E-state index contributed by atoms with van der Waals surface area (Å²) in [5.41, 5.74) is 7.21. The van der Waals surface area contributed by atoms with E-state index in [4.69, 9.17) is 10.5 Å². The molecule has 0 aliphatic carbocycles. The predicted molar refractivity (Wildman–Crippen MR) is 107 cm³/mol. The number of primary amides is 1. The summed E-state index contributed by atoms with van der Waals surface area (Å²) in [6.07, 6.45) is 0.411.